The molecule has 4 saturated carbocycles. The third-order valence-corrected chi connectivity index (χ3v) is 5.93. The van der Waals surface area contributed by atoms with E-state index < -0.39 is 0 Å². The maximum absolute atomic E-state index is 11.8. The molecule has 4 heteroatoms. The summed E-state index contributed by atoms with van der Waals surface area (Å²) in [4.78, 5) is 16.0. The van der Waals surface area contributed by atoms with Crippen molar-refractivity contribution in [2.75, 3.05) is 19.0 Å². The molecule has 1 aromatic heterocycles. The van der Waals surface area contributed by atoms with Crippen LogP contribution in [0, 0.1) is 23.2 Å². The normalized spacial score (nSPS) is 36.0. The molecule has 5 rings (SSSR count). The molecule has 2 unspecified atom stereocenters. The summed E-state index contributed by atoms with van der Waals surface area (Å²) >= 11 is 0. The van der Waals surface area contributed by atoms with Gasteiger partial charge in [-0.05, 0) is 61.3 Å². The van der Waals surface area contributed by atoms with Crippen molar-refractivity contribution in [2.24, 2.45) is 23.2 Å². The summed E-state index contributed by atoms with van der Waals surface area (Å²) in [6.07, 6.45) is 10.4. The number of carbonyl (C=O) groups excluding carboxylic acids is 1. The van der Waals surface area contributed by atoms with Gasteiger partial charge in [0.2, 0.25) is 0 Å². The first-order valence-electron chi connectivity index (χ1n) is 7.95. The van der Waals surface area contributed by atoms with Crippen molar-refractivity contribution in [3.63, 3.8) is 0 Å². The number of methoxy groups -OCH3 is 1. The summed E-state index contributed by atoms with van der Waals surface area (Å²) in [5.74, 6) is 2.60. The van der Waals surface area contributed by atoms with E-state index in [9.17, 15) is 4.79 Å². The van der Waals surface area contributed by atoms with Gasteiger partial charge in [0, 0.05) is 12.7 Å². The van der Waals surface area contributed by atoms with Crippen molar-refractivity contribution in [2.45, 2.75) is 32.1 Å². The molecule has 4 nitrogen and oxygen atoms in total. The highest BCUT2D eigenvalue weighted by atomic mass is 16.5. The molecule has 0 aliphatic heterocycles. The van der Waals surface area contributed by atoms with Crippen LogP contribution in [0.15, 0.2) is 18.5 Å². The van der Waals surface area contributed by atoms with Gasteiger partial charge in [-0.2, -0.15) is 0 Å². The van der Waals surface area contributed by atoms with Gasteiger partial charge in [-0.15, -0.1) is 0 Å². The molecule has 4 aliphatic rings. The van der Waals surface area contributed by atoms with Crippen molar-refractivity contribution >= 4 is 11.7 Å². The van der Waals surface area contributed by atoms with E-state index in [4.69, 9.17) is 4.74 Å². The van der Waals surface area contributed by atoms with Crippen LogP contribution in [0.25, 0.3) is 0 Å². The van der Waals surface area contributed by atoms with Gasteiger partial charge in [-0.3, -0.25) is 4.98 Å². The predicted octanol–water partition coefficient (Wildman–Crippen LogP) is 3.11. The molecular weight excluding hydrogens is 264 g/mol. The molecule has 0 spiro atoms. The monoisotopic (exact) mass is 286 g/mol. The van der Waals surface area contributed by atoms with Crippen LogP contribution in [-0.4, -0.2) is 24.6 Å². The fourth-order valence-corrected chi connectivity index (χ4v) is 5.30. The van der Waals surface area contributed by atoms with Gasteiger partial charge in [0.1, 0.15) is 0 Å². The van der Waals surface area contributed by atoms with Crippen molar-refractivity contribution in [1.29, 1.82) is 0 Å². The lowest BCUT2D eigenvalue weighted by molar-refractivity contribution is 0.0601. The zero-order valence-electron chi connectivity index (χ0n) is 12.5. The average molecular weight is 286 g/mol. The fourth-order valence-electron chi connectivity index (χ4n) is 5.30. The SMILES string of the molecule is COC(=O)c1ccncc1NCC12CC3CC(C1)C(C3)C2. The number of hydrogen-bond donors (Lipinski definition) is 1. The minimum absolute atomic E-state index is 0.298. The van der Waals surface area contributed by atoms with Gasteiger partial charge in [-0.25, -0.2) is 4.79 Å². The Balaban J connectivity index is 1.50. The Bertz CT molecular complexity index is 552. The molecule has 0 aromatic carbocycles. The van der Waals surface area contributed by atoms with Crippen molar-refractivity contribution in [3.8, 4) is 0 Å². The first-order chi connectivity index (χ1) is 10.2. The first-order valence-corrected chi connectivity index (χ1v) is 7.95. The molecule has 0 saturated heterocycles. The fraction of sp³-hybridized carbons (Fsp3) is 0.647. The van der Waals surface area contributed by atoms with Crippen LogP contribution >= 0.6 is 0 Å². The topological polar surface area (TPSA) is 51.2 Å². The van der Waals surface area contributed by atoms with E-state index in [2.05, 4.69) is 10.3 Å². The predicted molar refractivity (Wildman–Crippen MR) is 80.1 cm³/mol. The van der Waals surface area contributed by atoms with E-state index in [-0.39, 0.29) is 5.97 Å². The second-order valence-electron chi connectivity index (χ2n) is 7.24. The maximum atomic E-state index is 11.8. The van der Waals surface area contributed by atoms with E-state index in [0.29, 0.717) is 11.0 Å². The number of esters is 1. The molecule has 4 aliphatic carbocycles. The average Bonchev–Trinajstić information content (AvgIpc) is 2.92. The van der Waals surface area contributed by atoms with Crippen molar-refractivity contribution in [3.05, 3.63) is 24.0 Å². The standard InChI is InChI=1S/C17H22N2O2/c1-21-16(20)14-2-3-18-9-15(14)19-10-17-6-11-4-12(7-17)13(5-11)8-17/h2-3,9,11-13,19H,4-8,10H2,1H3. The molecule has 0 amide bonds. The number of hydrogen-bond acceptors (Lipinski definition) is 4. The molecule has 4 bridgehead atoms. The summed E-state index contributed by atoms with van der Waals surface area (Å²) in [6, 6.07) is 1.72. The highest BCUT2D eigenvalue weighted by Gasteiger charge is 2.55. The van der Waals surface area contributed by atoms with E-state index >= 15 is 0 Å². The Kier molecular flexibility index (Phi) is 2.95. The molecule has 21 heavy (non-hydrogen) atoms. The molecular formula is C17H22N2O2. The summed E-state index contributed by atoms with van der Waals surface area (Å²) in [6.45, 7) is 0.964. The second kappa shape index (κ2) is 4.72. The quantitative estimate of drug-likeness (QED) is 0.864. The lowest BCUT2D eigenvalue weighted by Crippen LogP contribution is -2.34. The summed E-state index contributed by atoms with van der Waals surface area (Å²) < 4.78 is 4.85. The largest absolute Gasteiger partial charge is 0.465 e. The third-order valence-electron chi connectivity index (χ3n) is 5.93. The number of aromatic nitrogens is 1. The molecule has 1 heterocycles. The number of anilines is 1. The van der Waals surface area contributed by atoms with Crippen LogP contribution in [0.4, 0.5) is 5.69 Å². The van der Waals surface area contributed by atoms with Crippen LogP contribution in [0.3, 0.4) is 0 Å². The Hall–Kier alpha value is -1.58. The molecule has 2 atom stereocenters. The van der Waals surface area contributed by atoms with E-state index in [1.54, 1.807) is 18.5 Å². The smallest absolute Gasteiger partial charge is 0.340 e. The summed E-state index contributed by atoms with van der Waals surface area (Å²) in [5, 5.41) is 3.49. The van der Waals surface area contributed by atoms with E-state index in [1.165, 1.54) is 39.2 Å². The minimum atomic E-state index is -0.298. The van der Waals surface area contributed by atoms with Crippen LogP contribution in [0.5, 0.6) is 0 Å². The van der Waals surface area contributed by atoms with Crippen molar-refractivity contribution in [1.82, 2.24) is 4.98 Å². The third kappa shape index (κ3) is 2.12. The molecule has 1 N–H and O–H groups in total. The van der Waals surface area contributed by atoms with Crippen LogP contribution in [0.1, 0.15) is 42.5 Å². The van der Waals surface area contributed by atoms with Crippen molar-refractivity contribution < 1.29 is 9.53 Å². The van der Waals surface area contributed by atoms with Gasteiger partial charge in [-0.1, -0.05) is 0 Å². The van der Waals surface area contributed by atoms with Gasteiger partial charge < -0.3 is 10.1 Å². The van der Waals surface area contributed by atoms with Crippen LogP contribution in [-0.2, 0) is 4.74 Å². The zero-order chi connectivity index (χ0) is 14.4. The van der Waals surface area contributed by atoms with Gasteiger partial charge >= 0.3 is 5.97 Å². The number of pyridine rings is 1. The number of rotatable bonds is 4. The van der Waals surface area contributed by atoms with Crippen LogP contribution in [0.2, 0.25) is 0 Å². The Morgan fingerprint density at radius 3 is 2.81 bits per heavy atom. The number of nitrogens with zero attached hydrogens (tertiary/aromatic N) is 1. The lowest BCUT2D eigenvalue weighted by atomic mass is 9.69. The highest BCUT2D eigenvalue weighted by Crippen LogP contribution is 2.64. The molecule has 1 aromatic rings. The van der Waals surface area contributed by atoms with E-state index in [1.807, 2.05) is 0 Å². The Morgan fingerprint density at radius 1 is 1.38 bits per heavy atom. The number of ether oxygens (including phenoxy) is 1. The minimum Gasteiger partial charge on any atom is -0.465 e. The molecule has 0 radical (unpaired) electrons. The molecule has 4 fully saturated rings. The summed E-state index contributed by atoms with van der Waals surface area (Å²) in [7, 11) is 1.42. The lowest BCUT2D eigenvalue weighted by Gasteiger charge is -2.38. The van der Waals surface area contributed by atoms with Gasteiger partial charge in [0.15, 0.2) is 0 Å². The second-order valence-corrected chi connectivity index (χ2v) is 7.24. The maximum Gasteiger partial charge on any atom is 0.340 e. The van der Waals surface area contributed by atoms with E-state index in [0.717, 1.165) is 30.0 Å². The Labute approximate surface area is 125 Å². The number of carbonyl (C=O) groups is 1. The van der Waals surface area contributed by atoms with Gasteiger partial charge in [0.05, 0.1) is 24.6 Å². The highest BCUT2D eigenvalue weighted by molar-refractivity contribution is 5.95. The van der Waals surface area contributed by atoms with Crippen LogP contribution < -0.4 is 5.32 Å². The summed E-state index contributed by atoms with van der Waals surface area (Å²) in [5.41, 5.74) is 1.85. The number of nitrogens with one attached hydrogen (secondary N) is 1. The first kappa shape index (κ1) is 13.1. The molecule has 112 valence electrons. The van der Waals surface area contributed by atoms with Gasteiger partial charge in [0.25, 0.3) is 0 Å². The zero-order valence-corrected chi connectivity index (χ0v) is 12.5. The Morgan fingerprint density at radius 2 is 2.14 bits per heavy atom.